The summed E-state index contributed by atoms with van der Waals surface area (Å²) in [4.78, 5) is 6.43. The van der Waals surface area contributed by atoms with Crippen LogP contribution in [0.2, 0.25) is 0 Å². The second-order valence-corrected chi connectivity index (χ2v) is 3.72. The van der Waals surface area contributed by atoms with Crippen molar-refractivity contribution < 1.29 is 0 Å². The number of nitriles is 1. The molecule has 1 aromatic rings. The summed E-state index contributed by atoms with van der Waals surface area (Å²) in [5.41, 5.74) is 7.67. The third-order valence-corrected chi connectivity index (χ3v) is 2.48. The summed E-state index contributed by atoms with van der Waals surface area (Å²) in [5.74, 6) is 0. The van der Waals surface area contributed by atoms with Gasteiger partial charge in [0, 0.05) is 19.1 Å². The van der Waals surface area contributed by atoms with Gasteiger partial charge in [0.1, 0.15) is 0 Å². The van der Waals surface area contributed by atoms with Gasteiger partial charge in [0.25, 0.3) is 0 Å². The lowest BCUT2D eigenvalue weighted by atomic mass is 10.2. The Kier molecular flexibility index (Phi) is 4.74. The number of pyridine rings is 1. The summed E-state index contributed by atoms with van der Waals surface area (Å²) < 4.78 is 0. The summed E-state index contributed by atoms with van der Waals surface area (Å²) in [6.07, 6.45) is 2.35. The van der Waals surface area contributed by atoms with Crippen molar-refractivity contribution in [1.29, 1.82) is 5.26 Å². The molecule has 1 unspecified atom stereocenters. The molecule has 0 aliphatic carbocycles. The van der Waals surface area contributed by atoms with Gasteiger partial charge in [-0.2, -0.15) is 5.26 Å². The molecule has 1 rings (SSSR count). The van der Waals surface area contributed by atoms with Crippen LogP contribution < -0.4 is 10.6 Å². The van der Waals surface area contributed by atoms with Crippen molar-refractivity contribution >= 4 is 5.69 Å². The number of hydrogen-bond donors (Lipinski definition) is 1. The molecule has 1 aromatic heterocycles. The topological polar surface area (TPSA) is 65.9 Å². The van der Waals surface area contributed by atoms with E-state index in [0.717, 1.165) is 24.5 Å². The number of hydrogen-bond acceptors (Lipinski definition) is 4. The van der Waals surface area contributed by atoms with Gasteiger partial charge in [0.2, 0.25) is 0 Å². The smallest absolute Gasteiger partial charge is 0.0640 e. The first kappa shape index (κ1) is 12.5. The van der Waals surface area contributed by atoms with Crippen LogP contribution in [-0.2, 0) is 0 Å². The highest BCUT2D eigenvalue weighted by atomic mass is 15.1. The third kappa shape index (κ3) is 3.21. The Morgan fingerprint density at radius 1 is 1.56 bits per heavy atom. The third-order valence-electron chi connectivity index (χ3n) is 2.48. The first-order valence-corrected chi connectivity index (χ1v) is 5.52. The van der Waals surface area contributed by atoms with Crippen molar-refractivity contribution in [2.24, 2.45) is 5.73 Å². The van der Waals surface area contributed by atoms with Crippen LogP contribution in [0.4, 0.5) is 5.69 Å². The summed E-state index contributed by atoms with van der Waals surface area (Å²) in [7, 11) is 0. The van der Waals surface area contributed by atoms with E-state index in [9.17, 15) is 0 Å². The lowest BCUT2D eigenvalue weighted by Crippen LogP contribution is -2.23. The number of rotatable bonds is 5. The Hall–Kier alpha value is -1.60. The fourth-order valence-electron chi connectivity index (χ4n) is 1.51. The minimum Gasteiger partial charge on any atom is -0.370 e. The van der Waals surface area contributed by atoms with Gasteiger partial charge in [-0.15, -0.1) is 0 Å². The Balaban J connectivity index is 2.75. The van der Waals surface area contributed by atoms with E-state index in [2.05, 4.69) is 22.9 Å². The molecule has 2 N–H and O–H groups in total. The van der Waals surface area contributed by atoms with E-state index in [1.165, 1.54) is 0 Å². The first-order chi connectivity index (χ1) is 7.69. The molecule has 0 aromatic carbocycles. The van der Waals surface area contributed by atoms with E-state index in [0.29, 0.717) is 6.42 Å². The Morgan fingerprint density at radius 2 is 2.31 bits per heavy atom. The highest BCUT2D eigenvalue weighted by Crippen LogP contribution is 2.15. The zero-order valence-electron chi connectivity index (χ0n) is 9.85. The summed E-state index contributed by atoms with van der Waals surface area (Å²) in [5, 5.41) is 8.57. The van der Waals surface area contributed by atoms with E-state index in [4.69, 9.17) is 11.0 Å². The van der Waals surface area contributed by atoms with Gasteiger partial charge < -0.3 is 10.6 Å². The predicted octanol–water partition coefficient (Wildman–Crippen LogP) is 1.84. The van der Waals surface area contributed by atoms with Crippen molar-refractivity contribution in [2.45, 2.75) is 26.3 Å². The SMILES string of the molecule is CCN(CCC#N)c1ccc(C(C)N)nc1. The van der Waals surface area contributed by atoms with Crippen molar-refractivity contribution in [3.05, 3.63) is 24.0 Å². The van der Waals surface area contributed by atoms with E-state index < -0.39 is 0 Å². The maximum Gasteiger partial charge on any atom is 0.0640 e. The Morgan fingerprint density at radius 3 is 2.75 bits per heavy atom. The summed E-state index contributed by atoms with van der Waals surface area (Å²) >= 11 is 0. The molecule has 0 aliphatic heterocycles. The average molecular weight is 218 g/mol. The van der Waals surface area contributed by atoms with Crippen molar-refractivity contribution in [3.63, 3.8) is 0 Å². The van der Waals surface area contributed by atoms with E-state index in [1.807, 2.05) is 25.3 Å². The monoisotopic (exact) mass is 218 g/mol. The van der Waals surface area contributed by atoms with E-state index in [1.54, 1.807) is 0 Å². The van der Waals surface area contributed by atoms with Crippen LogP contribution in [0.15, 0.2) is 18.3 Å². The lowest BCUT2D eigenvalue weighted by molar-refractivity contribution is 0.774. The molecule has 0 spiro atoms. The molecule has 0 aliphatic rings. The van der Waals surface area contributed by atoms with Crippen LogP contribution in [0.5, 0.6) is 0 Å². The van der Waals surface area contributed by atoms with Gasteiger partial charge in [-0.25, -0.2) is 0 Å². The van der Waals surface area contributed by atoms with Crippen LogP contribution in [0, 0.1) is 11.3 Å². The molecule has 0 saturated heterocycles. The molecule has 0 amide bonds. The molecule has 1 atom stereocenters. The van der Waals surface area contributed by atoms with Gasteiger partial charge in [-0.1, -0.05) is 0 Å². The molecule has 4 nitrogen and oxygen atoms in total. The minimum absolute atomic E-state index is 0.0387. The number of nitrogens with zero attached hydrogens (tertiary/aromatic N) is 3. The van der Waals surface area contributed by atoms with E-state index in [-0.39, 0.29) is 6.04 Å². The van der Waals surface area contributed by atoms with Crippen LogP contribution in [0.3, 0.4) is 0 Å². The van der Waals surface area contributed by atoms with Crippen LogP contribution in [0.25, 0.3) is 0 Å². The van der Waals surface area contributed by atoms with Gasteiger partial charge >= 0.3 is 0 Å². The Bertz CT molecular complexity index is 350. The van der Waals surface area contributed by atoms with E-state index >= 15 is 0 Å². The van der Waals surface area contributed by atoms with Gasteiger partial charge in [0.05, 0.1) is 30.1 Å². The van der Waals surface area contributed by atoms with Gasteiger partial charge in [0.15, 0.2) is 0 Å². The van der Waals surface area contributed by atoms with Crippen LogP contribution in [-0.4, -0.2) is 18.1 Å². The summed E-state index contributed by atoms with van der Waals surface area (Å²) in [6, 6.07) is 6.06. The highest BCUT2D eigenvalue weighted by molar-refractivity contribution is 5.44. The molecular weight excluding hydrogens is 200 g/mol. The second-order valence-electron chi connectivity index (χ2n) is 3.72. The highest BCUT2D eigenvalue weighted by Gasteiger charge is 2.05. The largest absolute Gasteiger partial charge is 0.370 e. The molecule has 4 heteroatoms. The standard InChI is InChI=1S/C12H18N4/c1-3-16(8-4-7-13)11-5-6-12(10(2)14)15-9-11/h5-6,9-10H,3-4,8,14H2,1-2H3. The predicted molar refractivity (Wildman–Crippen MR) is 65.0 cm³/mol. The molecule has 0 saturated carbocycles. The molecule has 86 valence electrons. The van der Waals surface area contributed by atoms with Crippen LogP contribution in [0.1, 0.15) is 32.0 Å². The molecule has 0 radical (unpaired) electrons. The van der Waals surface area contributed by atoms with Crippen molar-refractivity contribution in [3.8, 4) is 6.07 Å². The second kappa shape index (κ2) is 6.09. The van der Waals surface area contributed by atoms with Crippen molar-refractivity contribution in [2.75, 3.05) is 18.0 Å². The lowest BCUT2D eigenvalue weighted by Gasteiger charge is -2.21. The average Bonchev–Trinajstić information content (AvgIpc) is 2.30. The number of nitrogens with two attached hydrogens (primary N) is 1. The molecule has 0 fully saturated rings. The first-order valence-electron chi connectivity index (χ1n) is 5.52. The fraction of sp³-hybridized carbons (Fsp3) is 0.500. The maximum atomic E-state index is 8.57. The van der Waals surface area contributed by atoms with Gasteiger partial charge in [-0.05, 0) is 26.0 Å². The quantitative estimate of drug-likeness (QED) is 0.819. The molecule has 1 heterocycles. The fourth-order valence-corrected chi connectivity index (χ4v) is 1.51. The molecular formula is C12H18N4. The maximum absolute atomic E-state index is 8.57. The zero-order chi connectivity index (χ0) is 12.0. The zero-order valence-corrected chi connectivity index (χ0v) is 9.85. The number of aromatic nitrogens is 1. The van der Waals surface area contributed by atoms with Crippen LogP contribution >= 0.6 is 0 Å². The minimum atomic E-state index is -0.0387. The summed E-state index contributed by atoms with van der Waals surface area (Å²) in [6.45, 7) is 5.60. The van der Waals surface area contributed by atoms with Gasteiger partial charge in [-0.3, -0.25) is 4.98 Å². The molecule has 0 bridgehead atoms. The Labute approximate surface area is 96.7 Å². The number of anilines is 1. The van der Waals surface area contributed by atoms with Crippen molar-refractivity contribution in [1.82, 2.24) is 4.98 Å². The molecule has 16 heavy (non-hydrogen) atoms. The normalized spacial score (nSPS) is 11.9.